The molecular formula is C15H23FN2O2. The van der Waals surface area contributed by atoms with Crippen LogP contribution in [-0.4, -0.2) is 30.5 Å². The van der Waals surface area contributed by atoms with Gasteiger partial charge < -0.3 is 15.4 Å². The number of rotatable bonds is 6. The summed E-state index contributed by atoms with van der Waals surface area (Å²) in [6.45, 7) is 4.10. The Bertz CT molecular complexity index is 473. The summed E-state index contributed by atoms with van der Waals surface area (Å²) in [5.41, 5.74) is 5.94. The molecule has 0 bridgehead atoms. The lowest BCUT2D eigenvalue weighted by Gasteiger charge is -2.30. The molecule has 0 unspecified atom stereocenters. The Morgan fingerprint density at radius 1 is 1.40 bits per heavy atom. The summed E-state index contributed by atoms with van der Waals surface area (Å²) in [7, 11) is 3.09. The summed E-state index contributed by atoms with van der Waals surface area (Å²) in [4.78, 5) is 13.9. The lowest BCUT2D eigenvalue weighted by molar-refractivity contribution is -0.136. The van der Waals surface area contributed by atoms with Gasteiger partial charge in [0.1, 0.15) is 0 Å². The molecule has 4 nitrogen and oxygen atoms in total. The Morgan fingerprint density at radius 3 is 2.45 bits per heavy atom. The molecule has 1 rings (SSSR count). The number of methoxy groups -OCH3 is 1. The number of amides is 1. The zero-order valence-electron chi connectivity index (χ0n) is 12.6. The molecule has 0 radical (unpaired) electrons. The highest BCUT2D eigenvalue weighted by Gasteiger charge is 2.32. The van der Waals surface area contributed by atoms with Gasteiger partial charge in [-0.25, -0.2) is 4.39 Å². The molecule has 0 fully saturated rings. The fraction of sp³-hybridized carbons (Fsp3) is 0.533. The number of hydrogen-bond donors (Lipinski definition) is 1. The van der Waals surface area contributed by atoms with Crippen molar-refractivity contribution in [2.24, 2.45) is 5.73 Å². The van der Waals surface area contributed by atoms with E-state index in [1.807, 2.05) is 13.8 Å². The maximum atomic E-state index is 13.6. The second-order valence-electron chi connectivity index (χ2n) is 4.99. The van der Waals surface area contributed by atoms with Gasteiger partial charge in [-0.2, -0.15) is 0 Å². The molecule has 1 aromatic carbocycles. The summed E-state index contributed by atoms with van der Waals surface area (Å²) >= 11 is 0. The van der Waals surface area contributed by atoms with Gasteiger partial charge in [0.05, 0.1) is 12.6 Å². The van der Waals surface area contributed by atoms with Gasteiger partial charge in [-0.3, -0.25) is 4.79 Å². The molecule has 0 heterocycles. The van der Waals surface area contributed by atoms with E-state index in [2.05, 4.69) is 0 Å². The SMILES string of the molecule is CCC(N)(CC)C(=O)N(C)Cc1ccc(OC)c(F)c1. The van der Waals surface area contributed by atoms with E-state index >= 15 is 0 Å². The Labute approximate surface area is 119 Å². The first-order valence-electron chi connectivity index (χ1n) is 6.74. The Balaban J connectivity index is 2.83. The highest BCUT2D eigenvalue weighted by Crippen LogP contribution is 2.20. The third kappa shape index (κ3) is 3.48. The molecule has 0 aliphatic heterocycles. The Morgan fingerprint density at radius 2 is 2.00 bits per heavy atom. The molecule has 20 heavy (non-hydrogen) atoms. The van der Waals surface area contributed by atoms with Crippen molar-refractivity contribution in [1.82, 2.24) is 4.90 Å². The first-order chi connectivity index (χ1) is 9.37. The van der Waals surface area contributed by atoms with Crippen LogP contribution in [-0.2, 0) is 11.3 Å². The zero-order chi connectivity index (χ0) is 15.3. The van der Waals surface area contributed by atoms with Crippen molar-refractivity contribution in [3.8, 4) is 5.75 Å². The fourth-order valence-corrected chi connectivity index (χ4v) is 2.09. The van der Waals surface area contributed by atoms with E-state index in [-0.39, 0.29) is 11.7 Å². The summed E-state index contributed by atoms with van der Waals surface area (Å²) in [5.74, 6) is -0.368. The Hall–Kier alpha value is -1.62. The number of ether oxygens (including phenoxy) is 1. The standard InChI is InChI=1S/C15H23FN2O2/c1-5-15(17,6-2)14(19)18(3)10-11-7-8-13(20-4)12(16)9-11/h7-9H,5-6,10,17H2,1-4H3. The fourth-order valence-electron chi connectivity index (χ4n) is 2.09. The van der Waals surface area contributed by atoms with Crippen LogP contribution in [0.3, 0.4) is 0 Å². The minimum atomic E-state index is -0.847. The van der Waals surface area contributed by atoms with Crippen LogP contribution in [0.4, 0.5) is 4.39 Å². The van der Waals surface area contributed by atoms with E-state index in [1.54, 1.807) is 19.2 Å². The molecule has 0 saturated carbocycles. The number of carbonyl (C=O) groups is 1. The number of halogens is 1. The molecule has 5 heteroatoms. The van der Waals surface area contributed by atoms with Gasteiger partial charge >= 0.3 is 0 Å². The highest BCUT2D eigenvalue weighted by atomic mass is 19.1. The van der Waals surface area contributed by atoms with E-state index < -0.39 is 11.4 Å². The van der Waals surface area contributed by atoms with Crippen molar-refractivity contribution in [2.75, 3.05) is 14.2 Å². The number of benzene rings is 1. The number of nitrogens with two attached hydrogens (primary N) is 1. The summed E-state index contributed by atoms with van der Waals surface area (Å²) in [5, 5.41) is 0. The molecule has 0 spiro atoms. The average molecular weight is 282 g/mol. The summed E-state index contributed by atoms with van der Waals surface area (Å²) < 4.78 is 18.5. The first-order valence-corrected chi connectivity index (χ1v) is 6.74. The summed E-state index contributed by atoms with van der Waals surface area (Å²) in [6, 6.07) is 4.67. The van der Waals surface area contributed by atoms with Crippen LogP contribution < -0.4 is 10.5 Å². The molecule has 1 aromatic rings. The minimum absolute atomic E-state index is 0.126. The van der Waals surface area contributed by atoms with Crippen molar-refractivity contribution < 1.29 is 13.9 Å². The molecule has 0 saturated heterocycles. The van der Waals surface area contributed by atoms with E-state index in [1.165, 1.54) is 18.1 Å². The third-order valence-corrected chi connectivity index (χ3v) is 3.67. The molecule has 0 aliphatic carbocycles. The predicted molar refractivity (Wildman–Crippen MR) is 76.9 cm³/mol. The van der Waals surface area contributed by atoms with Crippen molar-refractivity contribution >= 4 is 5.91 Å². The maximum absolute atomic E-state index is 13.6. The smallest absolute Gasteiger partial charge is 0.242 e. The van der Waals surface area contributed by atoms with Crippen LogP contribution in [0.2, 0.25) is 0 Å². The molecule has 0 aromatic heterocycles. The molecular weight excluding hydrogens is 259 g/mol. The van der Waals surface area contributed by atoms with Crippen LogP contribution >= 0.6 is 0 Å². The van der Waals surface area contributed by atoms with Gasteiger partial charge in [-0.1, -0.05) is 19.9 Å². The van der Waals surface area contributed by atoms with Crippen LogP contribution in [0.15, 0.2) is 18.2 Å². The number of likely N-dealkylation sites (N-methyl/N-ethyl adjacent to an activating group) is 1. The molecule has 0 atom stereocenters. The van der Waals surface area contributed by atoms with Crippen molar-refractivity contribution in [3.63, 3.8) is 0 Å². The topological polar surface area (TPSA) is 55.6 Å². The van der Waals surface area contributed by atoms with Crippen molar-refractivity contribution in [2.45, 2.75) is 38.8 Å². The van der Waals surface area contributed by atoms with Crippen LogP contribution in [0.5, 0.6) is 5.75 Å². The monoisotopic (exact) mass is 282 g/mol. The second-order valence-corrected chi connectivity index (χ2v) is 4.99. The van der Waals surface area contributed by atoms with Gasteiger partial charge in [0.2, 0.25) is 5.91 Å². The zero-order valence-corrected chi connectivity index (χ0v) is 12.6. The minimum Gasteiger partial charge on any atom is -0.494 e. The first kappa shape index (κ1) is 16.4. The largest absolute Gasteiger partial charge is 0.494 e. The van der Waals surface area contributed by atoms with Gasteiger partial charge in [-0.05, 0) is 30.5 Å². The van der Waals surface area contributed by atoms with E-state index in [4.69, 9.17) is 10.5 Å². The number of carbonyl (C=O) groups excluding carboxylic acids is 1. The van der Waals surface area contributed by atoms with E-state index in [9.17, 15) is 9.18 Å². The Kier molecular flexibility index (Phi) is 5.51. The van der Waals surface area contributed by atoms with Crippen molar-refractivity contribution in [3.05, 3.63) is 29.6 Å². The molecule has 112 valence electrons. The number of hydrogen-bond acceptors (Lipinski definition) is 3. The van der Waals surface area contributed by atoms with Gasteiger partial charge in [0, 0.05) is 13.6 Å². The van der Waals surface area contributed by atoms with Crippen LogP contribution in [0.25, 0.3) is 0 Å². The van der Waals surface area contributed by atoms with E-state index in [0.29, 0.717) is 24.9 Å². The van der Waals surface area contributed by atoms with Crippen molar-refractivity contribution in [1.29, 1.82) is 0 Å². The summed E-state index contributed by atoms with van der Waals surface area (Å²) in [6.07, 6.45) is 1.15. The third-order valence-electron chi connectivity index (χ3n) is 3.67. The highest BCUT2D eigenvalue weighted by molar-refractivity contribution is 5.85. The lowest BCUT2D eigenvalue weighted by Crippen LogP contribution is -2.53. The second kappa shape index (κ2) is 6.70. The van der Waals surface area contributed by atoms with Gasteiger partial charge in [0.15, 0.2) is 11.6 Å². The van der Waals surface area contributed by atoms with Gasteiger partial charge in [-0.15, -0.1) is 0 Å². The molecule has 1 amide bonds. The molecule has 0 aliphatic rings. The number of nitrogens with zero attached hydrogens (tertiary/aromatic N) is 1. The normalized spacial score (nSPS) is 11.3. The quantitative estimate of drug-likeness (QED) is 0.871. The van der Waals surface area contributed by atoms with Gasteiger partial charge in [0.25, 0.3) is 0 Å². The maximum Gasteiger partial charge on any atom is 0.242 e. The van der Waals surface area contributed by atoms with Crippen LogP contribution in [0, 0.1) is 5.82 Å². The average Bonchev–Trinajstić information content (AvgIpc) is 2.45. The predicted octanol–water partition coefficient (Wildman–Crippen LogP) is 2.31. The lowest BCUT2D eigenvalue weighted by atomic mass is 9.92. The molecule has 2 N–H and O–H groups in total. The van der Waals surface area contributed by atoms with E-state index in [0.717, 1.165) is 0 Å². The van der Waals surface area contributed by atoms with Crippen LogP contribution in [0.1, 0.15) is 32.3 Å².